The molecule has 0 heterocycles. The van der Waals surface area contributed by atoms with Crippen molar-refractivity contribution >= 4 is 24.0 Å². The second-order valence-electron chi connectivity index (χ2n) is 3.83. The maximum Gasteiger partial charge on any atom is 0.255 e. The van der Waals surface area contributed by atoms with Crippen molar-refractivity contribution in [2.45, 2.75) is 6.92 Å². The molecule has 1 N–H and O–H groups in total. The molecule has 0 bridgehead atoms. The highest BCUT2D eigenvalue weighted by atomic mass is 35.5. The van der Waals surface area contributed by atoms with Crippen molar-refractivity contribution in [1.82, 2.24) is 0 Å². The lowest BCUT2D eigenvalue weighted by Crippen LogP contribution is -2.11. The van der Waals surface area contributed by atoms with Crippen LogP contribution in [0, 0.1) is 12.7 Å². The predicted octanol–water partition coefficient (Wildman–Crippen LogP) is 3.81. The van der Waals surface area contributed by atoms with Gasteiger partial charge >= 0.3 is 0 Å². The maximum absolute atomic E-state index is 12.7. The summed E-state index contributed by atoms with van der Waals surface area (Å²) < 4.78 is 12.7. The van der Waals surface area contributed by atoms with Gasteiger partial charge in [-0.25, -0.2) is 4.39 Å². The Hall–Kier alpha value is -1.87. The summed E-state index contributed by atoms with van der Waals surface area (Å²) in [4.78, 5) is 11.8. The van der Waals surface area contributed by atoms with Gasteiger partial charge in [0.1, 0.15) is 5.82 Å². The molecule has 0 saturated heterocycles. The van der Waals surface area contributed by atoms with Crippen LogP contribution >= 0.6 is 12.4 Å². The summed E-state index contributed by atoms with van der Waals surface area (Å²) in [5.74, 6) is -0.519. The molecule has 0 radical (unpaired) electrons. The Bertz CT molecular complexity index is 522. The van der Waals surface area contributed by atoms with Crippen LogP contribution in [0.3, 0.4) is 0 Å². The van der Waals surface area contributed by atoms with E-state index in [0.717, 1.165) is 5.56 Å². The van der Waals surface area contributed by atoms with E-state index < -0.39 is 0 Å². The van der Waals surface area contributed by atoms with Gasteiger partial charge in [-0.3, -0.25) is 4.79 Å². The normalized spacial score (nSPS) is 9.44. The fourth-order valence-corrected chi connectivity index (χ4v) is 1.44. The van der Waals surface area contributed by atoms with Crippen molar-refractivity contribution in [1.29, 1.82) is 0 Å². The number of amides is 1. The lowest BCUT2D eigenvalue weighted by Gasteiger charge is -2.05. The van der Waals surface area contributed by atoms with Gasteiger partial charge < -0.3 is 5.32 Å². The molecule has 0 aromatic heterocycles. The molecule has 0 fully saturated rings. The Morgan fingerprint density at radius 2 is 1.56 bits per heavy atom. The number of nitrogens with one attached hydrogen (secondary N) is 1. The van der Waals surface area contributed by atoms with Crippen molar-refractivity contribution in [3.05, 3.63) is 65.5 Å². The van der Waals surface area contributed by atoms with E-state index >= 15 is 0 Å². The lowest BCUT2D eigenvalue weighted by atomic mass is 10.1. The van der Waals surface area contributed by atoms with Crippen LogP contribution in [0.5, 0.6) is 0 Å². The second-order valence-corrected chi connectivity index (χ2v) is 3.83. The zero-order chi connectivity index (χ0) is 12.3. The Kier molecular flexibility index (Phi) is 4.86. The van der Waals surface area contributed by atoms with Crippen LogP contribution in [-0.4, -0.2) is 5.91 Å². The van der Waals surface area contributed by atoms with E-state index in [9.17, 15) is 9.18 Å². The molecule has 0 aliphatic carbocycles. The average Bonchev–Trinajstić information content (AvgIpc) is 2.33. The number of carbonyl (C=O) groups is 1. The number of carbonyl (C=O) groups excluding carboxylic acids is 1. The highest BCUT2D eigenvalue weighted by Crippen LogP contribution is 2.11. The van der Waals surface area contributed by atoms with Gasteiger partial charge in [0.15, 0.2) is 0 Å². The molecule has 0 spiro atoms. The van der Waals surface area contributed by atoms with E-state index in [2.05, 4.69) is 5.32 Å². The minimum absolute atomic E-state index is 0. The van der Waals surface area contributed by atoms with Crippen LogP contribution < -0.4 is 5.32 Å². The minimum atomic E-state index is -0.321. The Balaban J connectivity index is 0.00000162. The molecule has 0 aliphatic heterocycles. The van der Waals surface area contributed by atoms with E-state index in [1.54, 1.807) is 12.1 Å². The molecular formula is C14H13ClFNO. The fourth-order valence-electron chi connectivity index (χ4n) is 1.44. The molecule has 2 nitrogen and oxygen atoms in total. The summed E-state index contributed by atoms with van der Waals surface area (Å²) >= 11 is 0. The third-order valence-electron chi connectivity index (χ3n) is 2.42. The van der Waals surface area contributed by atoms with Gasteiger partial charge in [0.05, 0.1) is 0 Å². The highest BCUT2D eigenvalue weighted by molar-refractivity contribution is 6.04. The lowest BCUT2D eigenvalue weighted by molar-refractivity contribution is 0.102. The number of aryl methyl sites for hydroxylation is 1. The molecule has 18 heavy (non-hydrogen) atoms. The summed E-state index contributed by atoms with van der Waals surface area (Å²) in [5.41, 5.74) is 2.26. The highest BCUT2D eigenvalue weighted by Gasteiger charge is 2.05. The van der Waals surface area contributed by atoms with E-state index in [-0.39, 0.29) is 24.1 Å². The van der Waals surface area contributed by atoms with E-state index in [1.807, 2.05) is 19.1 Å². The number of rotatable bonds is 2. The molecule has 1 amide bonds. The number of benzene rings is 2. The molecule has 2 rings (SSSR count). The first-order chi connectivity index (χ1) is 8.15. The van der Waals surface area contributed by atoms with Crippen molar-refractivity contribution in [2.24, 2.45) is 0 Å². The summed E-state index contributed by atoms with van der Waals surface area (Å²) in [6.07, 6.45) is 0. The van der Waals surface area contributed by atoms with Crippen LogP contribution in [0.15, 0.2) is 48.5 Å². The van der Waals surface area contributed by atoms with Crippen LogP contribution in [-0.2, 0) is 0 Å². The minimum Gasteiger partial charge on any atom is -0.322 e. The largest absolute Gasteiger partial charge is 0.322 e. The Morgan fingerprint density at radius 1 is 1.00 bits per heavy atom. The van der Waals surface area contributed by atoms with Gasteiger partial charge in [0.2, 0.25) is 0 Å². The predicted molar refractivity (Wildman–Crippen MR) is 72.8 cm³/mol. The van der Waals surface area contributed by atoms with Gasteiger partial charge in [-0.2, -0.15) is 0 Å². The monoisotopic (exact) mass is 265 g/mol. The summed E-state index contributed by atoms with van der Waals surface area (Å²) in [5, 5.41) is 2.70. The summed E-state index contributed by atoms with van der Waals surface area (Å²) in [6.45, 7) is 1.96. The Morgan fingerprint density at radius 3 is 2.11 bits per heavy atom. The maximum atomic E-state index is 12.7. The topological polar surface area (TPSA) is 29.1 Å². The van der Waals surface area contributed by atoms with Crippen LogP contribution in [0.25, 0.3) is 0 Å². The van der Waals surface area contributed by atoms with Crippen molar-refractivity contribution < 1.29 is 9.18 Å². The molecule has 4 heteroatoms. The number of hydrogen-bond donors (Lipinski definition) is 1. The van der Waals surface area contributed by atoms with Gasteiger partial charge in [0.25, 0.3) is 5.91 Å². The quantitative estimate of drug-likeness (QED) is 0.879. The van der Waals surface area contributed by atoms with E-state index in [0.29, 0.717) is 11.3 Å². The molecule has 2 aromatic rings. The SMILES string of the molecule is Cc1ccc(C(=O)Nc2ccc(F)cc2)cc1.Cl. The molecular weight excluding hydrogens is 253 g/mol. The molecule has 0 saturated carbocycles. The van der Waals surface area contributed by atoms with Crippen molar-refractivity contribution in [3.63, 3.8) is 0 Å². The van der Waals surface area contributed by atoms with Crippen LogP contribution in [0.4, 0.5) is 10.1 Å². The first kappa shape index (κ1) is 14.2. The molecule has 94 valence electrons. The zero-order valence-corrected chi connectivity index (χ0v) is 10.6. The van der Waals surface area contributed by atoms with Gasteiger partial charge in [-0.15, -0.1) is 12.4 Å². The standard InChI is InChI=1S/C14H12FNO.ClH/c1-10-2-4-11(5-3-10)14(17)16-13-8-6-12(15)7-9-13;/h2-9H,1H3,(H,16,17);1H. The molecule has 0 atom stereocenters. The van der Waals surface area contributed by atoms with Gasteiger partial charge in [-0.05, 0) is 43.3 Å². The second kappa shape index (κ2) is 6.17. The number of anilines is 1. The zero-order valence-electron chi connectivity index (χ0n) is 9.81. The smallest absolute Gasteiger partial charge is 0.255 e. The summed E-state index contributed by atoms with van der Waals surface area (Å²) in [7, 11) is 0. The molecule has 0 unspecified atom stereocenters. The fraction of sp³-hybridized carbons (Fsp3) is 0.0714. The first-order valence-electron chi connectivity index (χ1n) is 5.29. The number of hydrogen-bond acceptors (Lipinski definition) is 1. The third-order valence-corrected chi connectivity index (χ3v) is 2.42. The van der Waals surface area contributed by atoms with E-state index in [1.165, 1.54) is 24.3 Å². The van der Waals surface area contributed by atoms with Crippen LogP contribution in [0.2, 0.25) is 0 Å². The van der Waals surface area contributed by atoms with Gasteiger partial charge in [0, 0.05) is 11.3 Å². The third kappa shape index (κ3) is 3.57. The molecule has 0 aliphatic rings. The first-order valence-corrected chi connectivity index (χ1v) is 5.29. The Labute approximate surface area is 111 Å². The number of halogens is 2. The van der Waals surface area contributed by atoms with E-state index in [4.69, 9.17) is 0 Å². The average molecular weight is 266 g/mol. The van der Waals surface area contributed by atoms with Gasteiger partial charge in [-0.1, -0.05) is 17.7 Å². The van der Waals surface area contributed by atoms with Crippen LogP contribution in [0.1, 0.15) is 15.9 Å². The van der Waals surface area contributed by atoms with Crippen molar-refractivity contribution in [2.75, 3.05) is 5.32 Å². The molecule has 2 aromatic carbocycles. The summed E-state index contributed by atoms with van der Waals surface area (Å²) in [6, 6.07) is 12.9. The van der Waals surface area contributed by atoms with Crippen molar-refractivity contribution in [3.8, 4) is 0 Å².